The van der Waals surface area contributed by atoms with Gasteiger partial charge in [-0.1, -0.05) is 31.2 Å². The molecule has 0 saturated carbocycles. The minimum atomic E-state index is -1.06. The number of halogens is 1. The maximum atomic E-state index is 13.8. The summed E-state index contributed by atoms with van der Waals surface area (Å²) in [5.41, 5.74) is 0.300. The van der Waals surface area contributed by atoms with E-state index in [0.717, 1.165) is 0 Å². The standard InChI is InChI=1S/C16H16FNO3/c1-3-14(16(20)21)18(2)15(19)12-8-9-13(17)11-7-5-4-6-10(11)12/h4-9,14H,3H2,1-2H3,(H,20,21). The fourth-order valence-corrected chi connectivity index (χ4v) is 2.39. The van der Waals surface area contributed by atoms with Crippen molar-refractivity contribution in [1.82, 2.24) is 4.90 Å². The second kappa shape index (κ2) is 5.91. The van der Waals surface area contributed by atoms with Crippen LogP contribution in [0.4, 0.5) is 4.39 Å². The van der Waals surface area contributed by atoms with Crippen LogP contribution in [0.2, 0.25) is 0 Å². The maximum absolute atomic E-state index is 13.8. The first-order valence-corrected chi connectivity index (χ1v) is 6.64. The fraction of sp³-hybridized carbons (Fsp3) is 0.250. The van der Waals surface area contributed by atoms with E-state index in [2.05, 4.69) is 0 Å². The highest BCUT2D eigenvalue weighted by Crippen LogP contribution is 2.23. The average molecular weight is 289 g/mol. The maximum Gasteiger partial charge on any atom is 0.326 e. The Bertz CT molecular complexity index is 699. The van der Waals surface area contributed by atoms with Crippen molar-refractivity contribution in [2.75, 3.05) is 7.05 Å². The Kier molecular flexibility index (Phi) is 4.21. The summed E-state index contributed by atoms with van der Waals surface area (Å²) in [6.45, 7) is 1.70. The van der Waals surface area contributed by atoms with E-state index in [0.29, 0.717) is 22.8 Å². The zero-order chi connectivity index (χ0) is 15.6. The summed E-state index contributed by atoms with van der Waals surface area (Å²) in [6.07, 6.45) is 0.302. The van der Waals surface area contributed by atoms with Gasteiger partial charge in [-0.25, -0.2) is 9.18 Å². The molecule has 0 heterocycles. The van der Waals surface area contributed by atoms with Crippen LogP contribution in [-0.2, 0) is 4.79 Å². The molecule has 0 aliphatic carbocycles. The number of rotatable bonds is 4. The predicted octanol–water partition coefficient (Wildman–Crippen LogP) is 2.91. The van der Waals surface area contributed by atoms with Crippen LogP contribution in [0, 0.1) is 5.82 Å². The molecule has 2 aromatic carbocycles. The van der Waals surface area contributed by atoms with Gasteiger partial charge in [0.1, 0.15) is 11.9 Å². The summed E-state index contributed by atoms with van der Waals surface area (Å²) >= 11 is 0. The van der Waals surface area contributed by atoms with Crippen molar-refractivity contribution in [3.8, 4) is 0 Å². The number of aliphatic carboxylic acids is 1. The molecule has 5 heteroatoms. The van der Waals surface area contributed by atoms with Crippen LogP contribution in [0.5, 0.6) is 0 Å². The largest absolute Gasteiger partial charge is 0.480 e. The van der Waals surface area contributed by atoms with E-state index in [1.807, 2.05) is 0 Å². The van der Waals surface area contributed by atoms with E-state index in [-0.39, 0.29) is 0 Å². The molecule has 0 aliphatic heterocycles. The number of hydrogen-bond donors (Lipinski definition) is 1. The minimum absolute atomic E-state index is 0.300. The van der Waals surface area contributed by atoms with Gasteiger partial charge in [0.05, 0.1) is 0 Å². The lowest BCUT2D eigenvalue weighted by molar-refractivity contribution is -0.142. The molecule has 0 aliphatic rings. The Balaban J connectivity index is 2.49. The summed E-state index contributed by atoms with van der Waals surface area (Å²) in [5.74, 6) is -1.89. The number of fused-ring (bicyclic) bond motifs is 1. The number of benzene rings is 2. The van der Waals surface area contributed by atoms with Crippen molar-refractivity contribution in [2.24, 2.45) is 0 Å². The highest BCUT2D eigenvalue weighted by Gasteiger charge is 2.26. The Morgan fingerprint density at radius 3 is 2.38 bits per heavy atom. The van der Waals surface area contributed by atoms with Gasteiger partial charge in [-0.2, -0.15) is 0 Å². The summed E-state index contributed by atoms with van der Waals surface area (Å²) in [7, 11) is 1.45. The molecule has 0 fully saturated rings. The van der Waals surface area contributed by atoms with Gasteiger partial charge in [0, 0.05) is 18.0 Å². The van der Waals surface area contributed by atoms with Gasteiger partial charge in [0.15, 0.2) is 0 Å². The van der Waals surface area contributed by atoms with Crippen LogP contribution < -0.4 is 0 Å². The number of hydrogen-bond acceptors (Lipinski definition) is 2. The van der Waals surface area contributed by atoms with E-state index in [1.54, 1.807) is 31.2 Å². The van der Waals surface area contributed by atoms with E-state index < -0.39 is 23.7 Å². The molecule has 0 saturated heterocycles. The molecular weight excluding hydrogens is 273 g/mol. The highest BCUT2D eigenvalue weighted by atomic mass is 19.1. The molecule has 2 rings (SSSR count). The topological polar surface area (TPSA) is 57.6 Å². The normalized spacial score (nSPS) is 12.1. The van der Waals surface area contributed by atoms with Crippen LogP contribution in [0.25, 0.3) is 10.8 Å². The summed E-state index contributed by atoms with van der Waals surface area (Å²) in [6, 6.07) is 8.37. The van der Waals surface area contributed by atoms with Gasteiger partial charge in [0.25, 0.3) is 5.91 Å². The van der Waals surface area contributed by atoms with Crippen molar-refractivity contribution in [2.45, 2.75) is 19.4 Å². The van der Waals surface area contributed by atoms with Gasteiger partial charge in [-0.05, 0) is 23.9 Å². The smallest absolute Gasteiger partial charge is 0.326 e. The third-order valence-corrected chi connectivity index (χ3v) is 3.56. The van der Waals surface area contributed by atoms with E-state index in [1.165, 1.54) is 24.1 Å². The number of amides is 1. The van der Waals surface area contributed by atoms with Gasteiger partial charge < -0.3 is 10.0 Å². The molecular formula is C16H16FNO3. The van der Waals surface area contributed by atoms with E-state index in [4.69, 9.17) is 5.11 Å². The van der Waals surface area contributed by atoms with Crippen molar-refractivity contribution in [3.63, 3.8) is 0 Å². The summed E-state index contributed by atoms with van der Waals surface area (Å²) in [4.78, 5) is 24.9. The molecule has 21 heavy (non-hydrogen) atoms. The molecule has 1 unspecified atom stereocenters. The average Bonchev–Trinajstić information content (AvgIpc) is 2.47. The minimum Gasteiger partial charge on any atom is -0.480 e. The molecule has 0 spiro atoms. The molecule has 110 valence electrons. The van der Waals surface area contributed by atoms with Gasteiger partial charge in [-0.3, -0.25) is 4.79 Å². The monoisotopic (exact) mass is 289 g/mol. The Hall–Kier alpha value is -2.43. The first-order chi connectivity index (χ1) is 9.97. The first-order valence-electron chi connectivity index (χ1n) is 6.64. The summed E-state index contributed by atoms with van der Waals surface area (Å²) < 4.78 is 13.8. The fourth-order valence-electron chi connectivity index (χ4n) is 2.39. The number of carbonyl (C=O) groups is 2. The molecule has 0 radical (unpaired) electrons. The number of carbonyl (C=O) groups excluding carboxylic acids is 1. The van der Waals surface area contributed by atoms with Gasteiger partial charge >= 0.3 is 5.97 Å². The second-order valence-corrected chi connectivity index (χ2v) is 4.82. The van der Waals surface area contributed by atoms with Crippen molar-refractivity contribution >= 4 is 22.6 Å². The molecule has 0 aromatic heterocycles. The number of carboxylic acid groups (broad SMARTS) is 1. The van der Waals surface area contributed by atoms with Crippen LogP contribution in [0.15, 0.2) is 36.4 Å². The van der Waals surface area contributed by atoms with Gasteiger partial charge in [-0.15, -0.1) is 0 Å². The quantitative estimate of drug-likeness (QED) is 0.941. The zero-order valence-electron chi connectivity index (χ0n) is 11.8. The van der Waals surface area contributed by atoms with Crippen LogP contribution >= 0.6 is 0 Å². The highest BCUT2D eigenvalue weighted by molar-refractivity contribution is 6.07. The van der Waals surface area contributed by atoms with Crippen molar-refractivity contribution in [1.29, 1.82) is 0 Å². The molecule has 4 nitrogen and oxygen atoms in total. The third-order valence-electron chi connectivity index (χ3n) is 3.56. The van der Waals surface area contributed by atoms with Gasteiger partial charge in [0.2, 0.25) is 0 Å². The lowest BCUT2D eigenvalue weighted by atomic mass is 10.0. The van der Waals surface area contributed by atoms with Crippen LogP contribution in [0.3, 0.4) is 0 Å². The van der Waals surface area contributed by atoms with E-state index >= 15 is 0 Å². The van der Waals surface area contributed by atoms with Crippen molar-refractivity contribution < 1.29 is 19.1 Å². The SMILES string of the molecule is CCC(C(=O)O)N(C)C(=O)c1ccc(F)c2ccccc12. The second-order valence-electron chi connectivity index (χ2n) is 4.82. The number of carboxylic acids is 1. The first kappa shape index (κ1) is 15.0. The third kappa shape index (κ3) is 2.72. The van der Waals surface area contributed by atoms with Crippen molar-refractivity contribution in [3.05, 3.63) is 47.8 Å². The molecule has 2 aromatic rings. The predicted molar refractivity (Wildman–Crippen MR) is 77.7 cm³/mol. The zero-order valence-corrected chi connectivity index (χ0v) is 11.8. The molecule has 1 N–H and O–H groups in total. The summed E-state index contributed by atoms with van der Waals surface area (Å²) in [5, 5.41) is 9.97. The van der Waals surface area contributed by atoms with E-state index in [9.17, 15) is 14.0 Å². The number of likely N-dealkylation sites (N-methyl/N-ethyl adjacent to an activating group) is 1. The van der Waals surface area contributed by atoms with Crippen LogP contribution in [0.1, 0.15) is 23.7 Å². The molecule has 1 amide bonds. The Morgan fingerprint density at radius 1 is 1.19 bits per heavy atom. The lowest BCUT2D eigenvalue weighted by Gasteiger charge is -2.24. The molecule has 0 bridgehead atoms. The van der Waals surface area contributed by atoms with Crippen LogP contribution in [-0.4, -0.2) is 35.0 Å². The number of nitrogens with zero attached hydrogens (tertiary/aromatic N) is 1. The lowest BCUT2D eigenvalue weighted by Crippen LogP contribution is -2.42. The Labute approximate surface area is 121 Å². The molecule has 1 atom stereocenters. The Morgan fingerprint density at radius 2 is 1.81 bits per heavy atom.